The van der Waals surface area contributed by atoms with E-state index in [0.717, 1.165) is 0 Å². The summed E-state index contributed by atoms with van der Waals surface area (Å²) in [7, 11) is -6.47. The Morgan fingerprint density at radius 2 is 0.799 bits per heavy atom. The zero-order chi connectivity index (χ0) is 105. The fourth-order valence-electron chi connectivity index (χ4n) is 14.5. The number of benzene rings is 3. The highest BCUT2D eigenvalue weighted by molar-refractivity contribution is 6.75. The Labute approximate surface area is 817 Å². The Bertz CT molecular complexity index is 6230. The van der Waals surface area contributed by atoms with Gasteiger partial charge in [-0.25, -0.2) is 77.4 Å². The first-order valence-corrected chi connectivity index (χ1v) is 57.2. The lowest BCUT2D eigenvalue weighted by molar-refractivity contribution is -0.0434. The van der Waals surface area contributed by atoms with Crippen LogP contribution in [0.25, 0.3) is 44.7 Å². The second-order valence-electron chi connectivity index (χ2n) is 39.8. The highest BCUT2D eigenvalue weighted by Crippen LogP contribution is 2.48. The molecule has 35 nitrogen and oxygen atoms in total. The van der Waals surface area contributed by atoms with E-state index in [0.29, 0.717) is 46.4 Å². The number of amides is 3. The normalized spacial score (nSPS) is 23.3. The van der Waals surface area contributed by atoms with Crippen molar-refractivity contribution in [2.24, 2.45) is 0 Å². The number of aliphatic hydroxyl groups excluding tert-OH is 5. The number of nitrogens with one attached hydrogen (secondary N) is 1. The van der Waals surface area contributed by atoms with Crippen LogP contribution in [0, 0.1) is 23.7 Å². The van der Waals surface area contributed by atoms with Crippen LogP contribution in [0.5, 0.6) is 0 Å². The monoisotopic (exact) mass is 2000 g/mol. The molecule has 750 valence electrons. The summed E-state index contributed by atoms with van der Waals surface area (Å²) in [6, 6.07) is 26.0. The number of halogens is 4. The van der Waals surface area contributed by atoms with Gasteiger partial charge in [0.15, 0.2) is 139 Å². The lowest BCUT2D eigenvalue weighted by atomic mass is 10.1. The molecule has 0 aliphatic carbocycles. The molecule has 4 fully saturated rings. The molecular formula is C96H131F4N19O16Si4. The van der Waals surface area contributed by atoms with Crippen molar-refractivity contribution in [3.8, 4) is 23.7 Å². The van der Waals surface area contributed by atoms with Crippen molar-refractivity contribution in [1.82, 2.24) is 78.1 Å². The van der Waals surface area contributed by atoms with Gasteiger partial charge in [-0.05, 0) is 123 Å². The maximum atomic E-state index is 16.4. The summed E-state index contributed by atoms with van der Waals surface area (Å²) in [5, 5.41) is 39.7. The molecule has 3 aromatic carbocycles. The number of nitrogens with zero attached hydrogens (tertiary/aromatic N) is 18. The lowest BCUT2D eigenvalue weighted by Gasteiger charge is -2.39. The van der Waals surface area contributed by atoms with E-state index in [1.807, 2.05) is 38.3 Å². The van der Waals surface area contributed by atoms with Crippen molar-refractivity contribution < 1.29 is 96.9 Å². The minimum absolute atomic E-state index is 0.0247. The second kappa shape index (κ2) is 45.2. The van der Waals surface area contributed by atoms with Gasteiger partial charge in [0.2, 0.25) is 2.86 Å². The van der Waals surface area contributed by atoms with E-state index in [1.165, 1.54) is 92.9 Å². The summed E-state index contributed by atoms with van der Waals surface area (Å²) in [6.07, 6.45) is -7.58. The lowest BCUT2D eigenvalue weighted by Crippen LogP contribution is -2.47. The van der Waals surface area contributed by atoms with E-state index in [-0.39, 0.29) is 136 Å². The van der Waals surface area contributed by atoms with Gasteiger partial charge in [0.25, 0.3) is 17.7 Å². The van der Waals surface area contributed by atoms with Crippen molar-refractivity contribution in [2.45, 2.75) is 281 Å². The van der Waals surface area contributed by atoms with Crippen LogP contribution in [-0.4, -0.2) is 278 Å². The van der Waals surface area contributed by atoms with Crippen molar-refractivity contribution in [1.29, 1.82) is 2.86 Å². The first-order chi connectivity index (χ1) is 67.5. The minimum Gasteiger partial charge on any atom is -0.414 e. The summed E-state index contributed by atoms with van der Waals surface area (Å²) >= 11 is 0. The number of carbonyl (C=O) groups excluding carboxylic acids is 3. The number of aryl methyl sites for hydroxylation is 1. The Morgan fingerprint density at radius 1 is 0.460 bits per heavy atom. The van der Waals surface area contributed by atoms with Crippen molar-refractivity contribution in [3.63, 3.8) is 0 Å². The number of ether oxygens (including phenoxy) is 4. The SMILES string of the molecule is CC(C)(C)[Si](C)(C)OC[C@H]1O[C@@H](n2cnc3c(NC(=O)c4ccccc4)ncnc32)[C@H](F)[C@@H]1O.[2H]C[C@H]1O[C@@H](n2cnc3c(N(CC#CCCc4ncnc5c4ncn5[C@@H]4O[C@H](CO[Si](C)(C)C(C)(C)C)[C@@H](O)[C@H]4F)C(=O)c4ccccc4)ncnc32)[C@H](F)[C@@H]1O[Si](C)(C)C(C)(C)C.[2H]C[C@H]1O[C@@H](n2cnc3c(N(CC#CCO)C(=O)c4ccccc4)ncnc32)[C@H](F)[C@@H]1O[Si](C)(C)C(C)(C)C.[3H]OC.[3H]OC. The first kappa shape index (κ1) is 103. The first-order valence-electron chi connectivity index (χ1n) is 47.8. The van der Waals surface area contributed by atoms with Gasteiger partial charge < -0.3 is 67.5 Å². The van der Waals surface area contributed by atoms with E-state index in [2.05, 4.69) is 208 Å². The largest absolute Gasteiger partial charge is 0.414 e. The Balaban J connectivity index is 0.000000211. The molecule has 0 radical (unpaired) electrons. The van der Waals surface area contributed by atoms with Crippen LogP contribution in [-0.2, 0) is 43.1 Å². The maximum absolute atomic E-state index is 16.4. The van der Waals surface area contributed by atoms with Crippen LogP contribution < -0.4 is 15.1 Å². The average Bonchev–Trinajstić information content (AvgIpc) is 1.65. The summed E-state index contributed by atoms with van der Waals surface area (Å²) in [5.41, 5.74) is 4.24. The van der Waals surface area contributed by atoms with Crippen LogP contribution >= 0.6 is 0 Å². The maximum Gasteiger partial charge on any atom is 0.260 e. The second-order valence-corrected chi connectivity index (χ2v) is 58.9. The van der Waals surface area contributed by atoms with E-state index < -0.39 is 132 Å². The quantitative estimate of drug-likeness (QED) is 0.0186. The number of hydrogen-bond acceptors (Lipinski definition) is 28. The number of aromatic nitrogens is 16. The van der Waals surface area contributed by atoms with Crippen molar-refractivity contribution >= 4 is 113 Å². The molecule has 3 amide bonds. The number of anilines is 3. The molecule has 43 heteroatoms. The van der Waals surface area contributed by atoms with Crippen LogP contribution in [0.15, 0.2) is 142 Å². The molecular weight excluding hydrogens is 1860 g/mol. The number of carbonyl (C=O) groups is 3. The molecule has 0 spiro atoms. The molecule has 4 saturated heterocycles. The smallest absolute Gasteiger partial charge is 0.260 e. The van der Waals surface area contributed by atoms with Crippen molar-refractivity contribution in [2.75, 3.05) is 62.2 Å². The van der Waals surface area contributed by atoms with Crippen LogP contribution in [0.4, 0.5) is 35.0 Å². The van der Waals surface area contributed by atoms with Gasteiger partial charge in [-0.2, -0.15) is 0 Å². The number of rotatable bonds is 24. The number of alkyl halides is 4. The van der Waals surface area contributed by atoms with E-state index in [9.17, 15) is 24.6 Å². The molecule has 12 heterocycles. The molecule has 4 aliphatic rings. The van der Waals surface area contributed by atoms with Gasteiger partial charge in [0.05, 0.1) is 69.5 Å². The summed E-state index contributed by atoms with van der Waals surface area (Å²) in [5.74, 6) is 11.0. The number of fused-ring (bicyclic) bond motifs is 4. The number of imidazole rings is 4. The standard InChI is InChI=1S/C44H59F2N9O6Si2.C27H34FN5O4Si.C23H30FN5O4Si.2CH4O/c1-27-36(61-63(10,11)44(5,6)7)32(46)42(59-27)55-26-52-34-38(49-24-50-39(34)55)53(40(57)28-18-14-12-15-19-28)21-17-13-16-20-29-33-37(48-23-47-29)54(25-51-33)41-31(45)35(56)30(60-41)22-58-62(8,9)43(2,3)4;1-18-22(37-38(5,6)27(2,3)4)20(28)26(36-18)33-17-31-21-23(29-16-30-24(21)33)32(14-10-11-15-34)25(35)19-12-8-7-9-13-19;1-23(2,3)34(4,5)32-11-15-18(30)16(24)22(33-15)29-13-27-17-19(25-12-26-20(17)29)28-21(31)14-9-7-6-8-10-14;2*1-2/h12,14-15,18-19,23-27,30-32,35-36,41-42,56H,16,20-22H2,1-11H3;7-9,12-13,16-18,20,22,26,34H,14-15H2,1-6H3;6-10,12-13,15-16,18,22,30H,11H2,1-5H3,(H,25,26,28,31);2*2H,1H3/t27-,30-,31-,32-,35-,36-,41-,42-;18-,20-,22-,26-;15-,16-,18-,22-;;/m111../s1/i2*1D;;2*2T. The fraction of sp³-hybridized carbons (Fsp3) is 0.531. The number of aliphatic hydroxyl groups is 5. The van der Waals surface area contributed by atoms with Gasteiger partial charge in [-0.15, -0.1) is 5.92 Å². The minimum atomic E-state index is -2.43. The van der Waals surface area contributed by atoms with Gasteiger partial charge in [-0.3, -0.25) is 42.5 Å². The van der Waals surface area contributed by atoms with Crippen LogP contribution in [0.3, 0.4) is 0 Å². The third kappa shape index (κ3) is 24.1. The van der Waals surface area contributed by atoms with Gasteiger partial charge in [-0.1, -0.05) is 155 Å². The third-order valence-corrected chi connectivity index (χ3v) is 44.5. The van der Waals surface area contributed by atoms with Gasteiger partial charge in [0.1, 0.15) is 74.1 Å². The molecule has 4 aliphatic heterocycles. The fourth-order valence-corrected chi connectivity index (χ4v) is 19.1. The Morgan fingerprint density at radius 3 is 1.18 bits per heavy atom. The third-order valence-electron chi connectivity index (χ3n) is 26.6. The average molecular weight is 2000 g/mol. The molecule has 15 rings (SSSR count). The zero-order valence-corrected chi connectivity index (χ0v) is 86.6. The van der Waals surface area contributed by atoms with E-state index >= 15 is 17.6 Å². The van der Waals surface area contributed by atoms with Gasteiger partial charge in [0, 0.05) is 46.5 Å². The molecule has 8 aromatic heterocycles. The Kier molecular flexibility index (Phi) is 33.4. The molecule has 16 atom stereocenters. The molecule has 6 N–H and O–H groups in total. The van der Waals surface area contributed by atoms with Crippen LogP contribution in [0.1, 0.15) is 168 Å². The highest BCUT2D eigenvalue weighted by atomic mass is 28.4. The van der Waals surface area contributed by atoms with Crippen molar-refractivity contribution in [3.05, 3.63) is 164 Å². The number of hydrogen-bond donors (Lipinski definition) is 6. The molecule has 139 heavy (non-hydrogen) atoms. The molecule has 0 saturated carbocycles. The molecule has 0 bridgehead atoms. The summed E-state index contributed by atoms with van der Waals surface area (Å²) < 4.78 is 146. The van der Waals surface area contributed by atoms with E-state index in [4.69, 9.17) is 47.4 Å². The summed E-state index contributed by atoms with van der Waals surface area (Å²) in [6.45, 7) is 40.9. The zero-order valence-electron chi connectivity index (χ0n) is 86.6. The topological polar surface area (TPSA) is 419 Å². The predicted octanol–water partition coefficient (Wildman–Crippen LogP) is 14.5. The molecule has 0 unspecified atom stereocenters. The highest BCUT2D eigenvalue weighted by Gasteiger charge is 2.54. The summed E-state index contributed by atoms with van der Waals surface area (Å²) in [4.78, 5) is 95.4. The van der Waals surface area contributed by atoms with Gasteiger partial charge >= 0.3 is 0 Å². The van der Waals surface area contributed by atoms with Crippen LogP contribution in [0.2, 0.25) is 72.5 Å². The molecule has 11 aromatic rings. The Hall–Kier alpha value is -10.5. The predicted molar refractivity (Wildman–Crippen MR) is 528 cm³/mol. The van der Waals surface area contributed by atoms with E-state index in [1.54, 1.807) is 78.9 Å².